The molecule has 1 aromatic carbocycles. The van der Waals surface area contributed by atoms with E-state index in [1.54, 1.807) is 0 Å². The highest BCUT2D eigenvalue weighted by molar-refractivity contribution is 5.78. The molecule has 0 spiro atoms. The molecule has 6 heteroatoms. The van der Waals surface area contributed by atoms with Crippen LogP contribution in [0.25, 0.3) is 0 Å². The van der Waals surface area contributed by atoms with Crippen LogP contribution in [0, 0.1) is 5.41 Å². The Kier molecular flexibility index (Phi) is 9.34. The predicted octanol–water partition coefficient (Wildman–Crippen LogP) is 1.62. The van der Waals surface area contributed by atoms with Gasteiger partial charge < -0.3 is 14.6 Å². The minimum absolute atomic E-state index is 0.343. The first-order chi connectivity index (χ1) is 9.13. The van der Waals surface area contributed by atoms with Gasteiger partial charge in [0.05, 0.1) is 6.61 Å². The first-order valence-electron chi connectivity index (χ1n) is 5.32. The molecule has 0 aromatic heterocycles. The van der Waals surface area contributed by atoms with E-state index in [-0.39, 0.29) is 0 Å². The Bertz CT molecular complexity index is 408. The lowest BCUT2D eigenvalue weighted by atomic mass is 10.3. The number of carbonyl (C=O) groups excluding carboxylic acids is 1. The number of aliphatic carboxylic acids is 1. The quantitative estimate of drug-likeness (QED) is 0.373. The molecule has 6 nitrogen and oxygen atoms in total. The molecule has 1 aromatic rings. The molecular weight excluding hydrogens is 250 g/mol. The normalized spacial score (nSPS) is 14.4. The van der Waals surface area contributed by atoms with E-state index in [0.717, 1.165) is 24.5 Å². The second-order valence-electron chi connectivity index (χ2n) is 3.22. The maximum Gasteiger partial charge on any atom is 0.327 e. The van der Waals surface area contributed by atoms with Crippen LogP contribution in [-0.2, 0) is 14.3 Å². The second kappa shape index (κ2) is 10.7. The molecule has 102 valence electrons. The van der Waals surface area contributed by atoms with Crippen molar-refractivity contribution < 1.29 is 24.2 Å². The SMILES string of the molecule is C=CC(=O)O.N=C=O.c1ccc(OCC2CO2)cc1. The van der Waals surface area contributed by atoms with Gasteiger partial charge in [0.15, 0.2) is 0 Å². The van der Waals surface area contributed by atoms with Crippen molar-refractivity contribution in [2.75, 3.05) is 13.2 Å². The van der Waals surface area contributed by atoms with Crippen molar-refractivity contribution >= 4 is 12.0 Å². The van der Waals surface area contributed by atoms with Gasteiger partial charge in [-0.25, -0.2) is 15.0 Å². The molecule has 1 atom stereocenters. The third-order valence-electron chi connectivity index (χ3n) is 1.76. The molecule has 0 bridgehead atoms. The molecule has 1 saturated heterocycles. The summed E-state index contributed by atoms with van der Waals surface area (Å²) in [7, 11) is 0. The third-order valence-corrected chi connectivity index (χ3v) is 1.76. The smallest absolute Gasteiger partial charge is 0.327 e. The number of hydrogen-bond donors (Lipinski definition) is 2. The Morgan fingerprint density at radius 1 is 1.58 bits per heavy atom. The summed E-state index contributed by atoms with van der Waals surface area (Å²) in [6, 6.07) is 9.79. The average Bonchev–Trinajstić information content (AvgIpc) is 3.23. The van der Waals surface area contributed by atoms with E-state index in [9.17, 15) is 4.79 Å². The highest BCUT2D eigenvalue weighted by Crippen LogP contribution is 2.13. The Labute approximate surface area is 110 Å². The van der Waals surface area contributed by atoms with E-state index in [4.69, 9.17) is 24.8 Å². The van der Waals surface area contributed by atoms with Gasteiger partial charge in [-0.3, -0.25) is 0 Å². The van der Waals surface area contributed by atoms with Crippen molar-refractivity contribution in [3.05, 3.63) is 43.0 Å². The second-order valence-corrected chi connectivity index (χ2v) is 3.22. The van der Waals surface area contributed by atoms with Gasteiger partial charge in [-0.05, 0) is 12.1 Å². The van der Waals surface area contributed by atoms with E-state index < -0.39 is 5.97 Å². The summed E-state index contributed by atoms with van der Waals surface area (Å²) >= 11 is 0. The molecule has 1 fully saturated rings. The Hall–Kier alpha value is -2.43. The zero-order valence-electron chi connectivity index (χ0n) is 10.2. The van der Waals surface area contributed by atoms with Crippen LogP contribution in [0.5, 0.6) is 5.75 Å². The number of benzene rings is 1. The Morgan fingerprint density at radius 2 is 2.05 bits per heavy atom. The zero-order valence-corrected chi connectivity index (χ0v) is 10.2. The van der Waals surface area contributed by atoms with Crippen molar-refractivity contribution in [1.29, 1.82) is 5.41 Å². The van der Waals surface area contributed by atoms with E-state index in [0.29, 0.717) is 12.7 Å². The number of ether oxygens (including phenoxy) is 2. The van der Waals surface area contributed by atoms with Gasteiger partial charge in [0.1, 0.15) is 18.5 Å². The summed E-state index contributed by atoms with van der Waals surface area (Å²) in [5, 5.41) is 13.0. The number of hydrogen-bond acceptors (Lipinski definition) is 5. The summed E-state index contributed by atoms with van der Waals surface area (Å²) < 4.78 is 10.4. The zero-order chi connectivity index (χ0) is 14.5. The maximum absolute atomic E-state index is 9.25. The fraction of sp³-hybridized carbons (Fsp3) is 0.231. The molecule has 2 N–H and O–H groups in total. The summed E-state index contributed by atoms with van der Waals surface area (Å²) in [6.07, 6.45) is 1.93. The Balaban J connectivity index is 0.000000344. The molecule has 19 heavy (non-hydrogen) atoms. The monoisotopic (exact) mass is 265 g/mol. The van der Waals surface area contributed by atoms with Gasteiger partial charge in [-0.2, -0.15) is 0 Å². The predicted molar refractivity (Wildman–Crippen MR) is 67.9 cm³/mol. The lowest BCUT2D eigenvalue weighted by Crippen LogP contribution is -2.03. The first kappa shape index (κ1) is 16.6. The topological polar surface area (TPSA) is 100.0 Å². The number of isocyanates is 1. The van der Waals surface area contributed by atoms with Crippen LogP contribution in [0.2, 0.25) is 0 Å². The van der Waals surface area contributed by atoms with Crippen molar-refractivity contribution in [1.82, 2.24) is 0 Å². The molecule has 0 radical (unpaired) electrons. The van der Waals surface area contributed by atoms with Gasteiger partial charge in [0, 0.05) is 6.08 Å². The number of rotatable bonds is 4. The van der Waals surface area contributed by atoms with Crippen LogP contribution >= 0.6 is 0 Å². The molecular formula is C13H15NO5. The van der Waals surface area contributed by atoms with Gasteiger partial charge in [-0.15, -0.1) is 0 Å². The standard InChI is InChI=1S/C9H10O2.C3H4O2.CHNO/c1-2-4-8(5-3-1)10-6-9-7-11-9;1-2-3(4)5;2-1-3/h1-5,9H,6-7H2;2H,1H2,(H,4,5);2H. The molecule has 0 saturated carbocycles. The highest BCUT2D eigenvalue weighted by atomic mass is 16.6. The summed E-state index contributed by atoms with van der Waals surface area (Å²) in [6.45, 7) is 4.50. The first-order valence-corrected chi connectivity index (χ1v) is 5.32. The average molecular weight is 265 g/mol. The van der Waals surface area contributed by atoms with Crippen LogP contribution in [0.15, 0.2) is 43.0 Å². The largest absolute Gasteiger partial charge is 0.491 e. The molecule has 1 heterocycles. The number of nitrogens with one attached hydrogen (secondary N) is 1. The molecule has 0 aliphatic carbocycles. The number of carbonyl (C=O) groups is 1. The number of para-hydroxylation sites is 1. The maximum atomic E-state index is 9.25. The molecule has 0 amide bonds. The number of epoxide rings is 1. The van der Waals surface area contributed by atoms with E-state index in [1.807, 2.05) is 30.3 Å². The van der Waals surface area contributed by atoms with Crippen molar-refractivity contribution in [3.8, 4) is 5.75 Å². The molecule has 2 rings (SSSR count). The van der Waals surface area contributed by atoms with Gasteiger partial charge in [-0.1, -0.05) is 24.8 Å². The summed E-state index contributed by atoms with van der Waals surface area (Å²) in [5.41, 5.74) is 0. The Morgan fingerprint density at radius 3 is 2.42 bits per heavy atom. The van der Waals surface area contributed by atoms with Crippen molar-refractivity contribution in [2.24, 2.45) is 0 Å². The number of carboxylic acids is 1. The fourth-order valence-corrected chi connectivity index (χ4v) is 0.870. The number of carboxylic acid groups (broad SMARTS) is 1. The lowest BCUT2D eigenvalue weighted by molar-refractivity contribution is -0.131. The minimum Gasteiger partial charge on any atom is -0.491 e. The summed E-state index contributed by atoms with van der Waals surface area (Å²) in [5.74, 6) is -0.0620. The molecule has 1 aliphatic heterocycles. The van der Waals surface area contributed by atoms with Crippen LogP contribution < -0.4 is 4.74 Å². The van der Waals surface area contributed by atoms with E-state index in [2.05, 4.69) is 6.58 Å². The fourth-order valence-electron chi connectivity index (χ4n) is 0.870. The molecule has 1 aliphatic rings. The highest BCUT2D eigenvalue weighted by Gasteiger charge is 2.22. The van der Waals surface area contributed by atoms with Gasteiger partial charge >= 0.3 is 5.97 Å². The molecule has 1 unspecified atom stereocenters. The summed E-state index contributed by atoms with van der Waals surface area (Å²) in [4.78, 5) is 17.6. The van der Waals surface area contributed by atoms with Crippen LogP contribution in [0.1, 0.15) is 0 Å². The van der Waals surface area contributed by atoms with Gasteiger partial charge in [0.2, 0.25) is 6.08 Å². The van der Waals surface area contributed by atoms with Crippen LogP contribution in [0.4, 0.5) is 0 Å². The third kappa shape index (κ3) is 11.8. The van der Waals surface area contributed by atoms with Crippen LogP contribution in [-0.4, -0.2) is 36.5 Å². The van der Waals surface area contributed by atoms with Crippen molar-refractivity contribution in [2.45, 2.75) is 6.10 Å². The van der Waals surface area contributed by atoms with Crippen LogP contribution in [0.3, 0.4) is 0 Å². The van der Waals surface area contributed by atoms with Gasteiger partial charge in [0.25, 0.3) is 0 Å². The lowest BCUT2D eigenvalue weighted by Gasteiger charge is -2.01. The van der Waals surface area contributed by atoms with Crippen molar-refractivity contribution in [3.63, 3.8) is 0 Å². The van der Waals surface area contributed by atoms with E-state index in [1.165, 1.54) is 0 Å². The van der Waals surface area contributed by atoms with E-state index >= 15 is 0 Å². The minimum atomic E-state index is -0.981.